The number of carboxylic acids is 1. The minimum Gasteiger partial charge on any atom is -0.479 e. The van der Waals surface area contributed by atoms with E-state index in [9.17, 15) is 9.90 Å². The molecule has 3 aliphatic rings. The van der Waals surface area contributed by atoms with Crippen LogP contribution in [0.15, 0.2) is 30.6 Å². The Balaban J connectivity index is 1.39. The zero-order valence-corrected chi connectivity index (χ0v) is 28.7. The molecule has 1 atom stereocenters. The molecule has 1 unspecified atom stereocenters. The van der Waals surface area contributed by atoms with Gasteiger partial charge in [-0.3, -0.25) is 4.98 Å². The first-order valence-electron chi connectivity index (χ1n) is 16.9. The molecule has 246 valence electrons. The largest absolute Gasteiger partial charge is 0.479 e. The summed E-state index contributed by atoms with van der Waals surface area (Å²) >= 11 is 0. The molecule has 9 heteroatoms. The lowest BCUT2D eigenvalue weighted by molar-refractivity contribution is -0.160. The molecule has 1 N–H and O–H groups in total. The van der Waals surface area contributed by atoms with E-state index in [0.29, 0.717) is 11.3 Å². The molecule has 0 radical (unpaired) electrons. The van der Waals surface area contributed by atoms with E-state index >= 15 is 0 Å². The highest BCUT2D eigenvalue weighted by Gasteiger charge is 2.36. The van der Waals surface area contributed by atoms with Crippen LogP contribution in [-0.4, -0.2) is 64.4 Å². The monoisotopic (exact) mass is 626 g/mol. The van der Waals surface area contributed by atoms with Crippen LogP contribution in [0.4, 0.5) is 17.3 Å². The first-order chi connectivity index (χ1) is 21.8. The molecule has 9 nitrogen and oxygen atoms in total. The number of nitrogens with zero attached hydrogens (tertiary/aromatic N) is 6. The maximum Gasteiger partial charge on any atom is 0.337 e. The number of aliphatic carboxylic acids is 1. The van der Waals surface area contributed by atoms with Gasteiger partial charge in [-0.2, -0.15) is 0 Å². The maximum atomic E-state index is 12.8. The number of rotatable bonds is 7. The van der Waals surface area contributed by atoms with Crippen molar-refractivity contribution in [3.8, 4) is 11.1 Å². The van der Waals surface area contributed by atoms with E-state index in [4.69, 9.17) is 9.72 Å². The van der Waals surface area contributed by atoms with E-state index in [2.05, 4.69) is 69.7 Å². The number of piperidine rings is 1. The summed E-state index contributed by atoms with van der Waals surface area (Å²) in [5.74, 6) is 1.01. The van der Waals surface area contributed by atoms with Crippen LogP contribution in [0.3, 0.4) is 0 Å². The smallest absolute Gasteiger partial charge is 0.337 e. The van der Waals surface area contributed by atoms with Crippen molar-refractivity contribution in [3.05, 3.63) is 58.7 Å². The molecule has 46 heavy (non-hydrogen) atoms. The van der Waals surface area contributed by atoms with Gasteiger partial charge in [0.1, 0.15) is 18.0 Å². The van der Waals surface area contributed by atoms with Crippen LogP contribution in [-0.2, 0) is 22.5 Å². The Kier molecular flexibility index (Phi) is 8.74. The van der Waals surface area contributed by atoms with Crippen LogP contribution in [0.5, 0.6) is 0 Å². The van der Waals surface area contributed by atoms with Crippen LogP contribution in [0.1, 0.15) is 94.5 Å². The van der Waals surface area contributed by atoms with E-state index in [1.807, 2.05) is 27.7 Å². The second-order valence-corrected chi connectivity index (χ2v) is 15.1. The third kappa shape index (κ3) is 6.70. The molecule has 6 rings (SSSR count). The van der Waals surface area contributed by atoms with E-state index < -0.39 is 17.7 Å². The molecule has 5 heterocycles. The molecule has 0 spiro atoms. The van der Waals surface area contributed by atoms with E-state index in [0.717, 1.165) is 92.7 Å². The molecule has 0 bridgehead atoms. The number of aryl methyl sites for hydroxylation is 2. The summed E-state index contributed by atoms with van der Waals surface area (Å²) in [5, 5.41) is 10.5. The number of pyridine rings is 1. The number of carboxylic acid groups (broad SMARTS) is 1. The number of benzene rings is 1. The van der Waals surface area contributed by atoms with Crippen molar-refractivity contribution < 1.29 is 14.6 Å². The predicted molar refractivity (Wildman–Crippen MR) is 184 cm³/mol. The van der Waals surface area contributed by atoms with Gasteiger partial charge in [-0.15, -0.1) is 0 Å². The van der Waals surface area contributed by atoms with Crippen LogP contribution >= 0.6 is 0 Å². The molecule has 2 aromatic heterocycles. The minimum atomic E-state index is -1.12. The average Bonchev–Trinajstić information content (AvgIpc) is 3.54. The number of fused-ring (bicyclic) bond motifs is 1. The number of anilines is 3. The number of hydrogen-bond acceptors (Lipinski definition) is 8. The molecule has 3 aliphatic heterocycles. The third-order valence-corrected chi connectivity index (χ3v) is 9.87. The Labute approximate surface area is 274 Å². The number of aromatic nitrogens is 3. The Morgan fingerprint density at radius 1 is 0.891 bits per heavy atom. The van der Waals surface area contributed by atoms with Gasteiger partial charge in [-0.05, 0) is 88.8 Å². The maximum absolute atomic E-state index is 12.8. The first-order valence-corrected chi connectivity index (χ1v) is 16.9. The van der Waals surface area contributed by atoms with Crippen molar-refractivity contribution in [1.29, 1.82) is 0 Å². The lowest BCUT2D eigenvalue weighted by Crippen LogP contribution is -2.39. The van der Waals surface area contributed by atoms with Crippen molar-refractivity contribution in [2.24, 2.45) is 5.41 Å². The van der Waals surface area contributed by atoms with Gasteiger partial charge in [-0.25, -0.2) is 14.8 Å². The second-order valence-electron chi connectivity index (χ2n) is 15.1. The fraction of sp³-hybridized carbons (Fsp3) is 0.568. The van der Waals surface area contributed by atoms with E-state index in [-0.39, 0.29) is 5.41 Å². The molecule has 1 aromatic carbocycles. The van der Waals surface area contributed by atoms with Crippen molar-refractivity contribution in [1.82, 2.24) is 15.0 Å². The topological polar surface area (TPSA) is 94.9 Å². The van der Waals surface area contributed by atoms with Gasteiger partial charge in [-0.1, -0.05) is 32.0 Å². The highest BCUT2D eigenvalue weighted by Crippen LogP contribution is 2.45. The first kappa shape index (κ1) is 32.2. The van der Waals surface area contributed by atoms with E-state index in [1.165, 1.54) is 24.0 Å². The number of hydrogen-bond donors (Lipinski definition) is 1. The zero-order chi connectivity index (χ0) is 32.8. The quantitative estimate of drug-likeness (QED) is 0.301. The summed E-state index contributed by atoms with van der Waals surface area (Å²) < 4.78 is 6.27. The van der Waals surface area contributed by atoms with Gasteiger partial charge in [0.25, 0.3) is 0 Å². The summed E-state index contributed by atoms with van der Waals surface area (Å²) in [6.07, 6.45) is 5.97. The summed E-state index contributed by atoms with van der Waals surface area (Å²) in [6, 6.07) is 8.88. The summed E-state index contributed by atoms with van der Waals surface area (Å²) in [6.45, 7) is 19.8. The Hall–Kier alpha value is -3.72. The van der Waals surface area contributed by atoms with Gasteiger partial charge >= 0.3 is 5.97 Å². The molecule has 2 fully saturated rings. The Bertz CT molecular complexity index is 1600. The number of ether oxygens (including phenoxy) is 1. The van der Waals surface area contributed by atoms with Gasteiger partial charge in [0.05, 0.1) is 11.3 Å². The van der Waals surface area contributed by atoms with Crippen LogP contribution in [0.2, 0.25) is 0 Å². The highest BCUT2D eigenvalue weighted by atomic mass is 16.5. The van der Waals surface area contributed by atoms with Crippen LogP contribution in [0.25, 0.3) is 11.1 Å². The SMILES string of the molecule is Cc1nc(C)c(C(OC(C)(C)C)C(=O)O)c(N2CCC(C)(C)CC2)c1-c1ccc2c(c1)CCN(c1cc(N3CCCC3)ncn1)C2. The molecular weight excluding hydrogens is 576 g/mol. The fourth-order valence-electron chi connectivity index (χ4n) is 7.29. The lowest BCUT2D eigenvalue weighted by Gasteiger charge is -2.41. The van der Waals surface area contributed by atoms with Gasteiger partial charge < -0.3 is 24.5 Å². The average molecular weight is 627 g/mol. The van der Waals surface area contributed by atoms with Crippen molar-refractivity contribution in [3.63, 3.8) is 0 Å². The van der Waals surface area contributed by atoms with Gasteiger partial charge in [0.15, 0.2) is 6.10 Å². The van der Waals surface area contributed by atoms with Crippen LogP contribution < -0.4 is 14.7 Å². The number of carbonyl (C=O) groups is 1. The Morgan fingerprint density at radius 3 is 2.22 bits per heavy atom. The summed E-state index contributed by atoms with van der Waals surface area (Å²) in [4.78, 5) is 34.1. The van der Waals surface area contributed by atoms with E-state index in [1.54, 1.807) is 6.33 Å². The van der Waals surface area contributed by atoms with Gasteiger partial charge in [0, 0.05) is 67.8 Å². The molecule has 0 aliphatic carbocycles. The molecule has 0 amide bonds. The second kappa shape index (κ2) is 12.5. The fourth-order valence-corrected chi connectivity index (χ4v) is 7.29. The van der Waals surface area contributed by atoms with Gasteiger partial charge in [0.2, 0.25) is 0 Å². The lowest BCUT2D eigenvalue weighted by atomic mass is 9.81. The van der Waals surface area contributed by atoms with Crippen molar-refractivity contribution in [2.45, 2.75) is 98.8 Å². The molecular formula is C37H50N6O3. The highest BCUT2D eigenvalue weighted by molar-refractivity contribution is 5.88. The normalized spacial score (nSPS) is 18.9. The predicted octanol–water partition coefficient (Wildman–Crippen LogP) is 6.89. The zero-order valence-electron chi connectivity index (χ0n) is 28.7. The van der Waals surface area contributed by atoms with Crippen molar-refractivity contribution in [2.75, 3.05) is 47.4 Å². The summed E-state index contributed by atoms with van der Waals surface area (Å²) in [5.41, 5.74) is 7.56. The van der Waals surface area contributed by atoms with Crippen molar-refractivity contribution >= 4 is 23.3 Å². The molecule has 0 saturated carbocycles. The standard InChI is InChI=1S/C37H50N6O3/c1-24-31(33(42-18-13-37(6,7)14-19-42)32(25(2)40-24)34(35(44)45)46-36(3,4)5)27-10-11-28-22-43(17-12-26(28)20-27)30-21-29(38-23-39-30)41-15-8-9-16-41/h10-11,20-21,23,34H,8-9,12-19,22H2,1-7H3,(H,44,45). The third-order valence-electron chi connectivity index (χ3n) is 9.87. The summed E-state index contributed by atoms with van der Waals surface area (Å²) in [7, 11) is 0. The Morgan fingerprint density at radius 2 is 1.57 bits per heavy atom. The minimum absolute atomic E-state index is 0.249. The molecule has 2 saturated heterocycles. The van der Waals surface area contributed by atoms with Crippen LogP contribution in [0, 0.1) is 19.3 Å². The molecule has 3 aromatic rings.